The van der Waals surface area contributed by atoms with E-state index in [0.717, 1.165) is 31.7 Å². The number of carbonyl (C=O) groups is 1. The molecule has 0 aromatic carbocycles. The van der Waals surface area contributed by atoms with Crippen LogP contribution >= 0.6 is 12.2 Å². The van der Waals surface area contributed by atoms with E-state index in [9.17, 15) is 4.79 Å². The van der Waals surface area contributed by atoms with E-state index in [0.29, 0.717) is 10.9 Å². The minimum absolute atomic E-state index is 0.215. The van der Waals surface area contributed by atoms with Crippen LogP contribution in [0.3, 0.4) is 0 Å². The molecule has 1 saturated heterocycles. The van der Waals surface area contributed by atoms with Crippen LogP contribution in [0.5, 0.6) is 0 Å². The third-order valence-corrected chi connectivity index (χ3v) is 3.64. The van der Waals surface area contributed by atoms with Crippen LogP contribution in [-0.4, -0.2) is 29.0 Å². The van der Waals surface area contributed by atoms with Crippen molar-refractivity contribution in [1.29, 1.82) is 0 Å². The molecule has 108 valence electrons. The number of likely N-dealkylation sites (tertiary alicyclic amines) is 1. The van der Waals surface area contributed by atoms with E-state index in [1.165, 1.54) is 18.9 Å². The molecule has 0 atom stereocenters. The van der Waals surface area contributed by atoms with Crippen LogP contribution < -0.4 is 5.32 Å². The quantitative estimate of drug-likeness (QED) is 0.672. The number of nitrogens with zero attached hydrogens (tertiary/aromatic N) is 1. The van der Waals surface area contributed by atoms with Crippen LogP contribution in [0.25, 0.3) is 6.08 Å². The molecule has 1 fully saturated rings. The summed E-state index contributed by atoms with van der Waals surface area (Å²) in [5.74, 6) is 1.27. The van der Waals surface area contributed by atoms with Gasteiger partial charge in [0, 0.05) is 19.2 Å². The average molecular weight is 292 g/mol. The molecule has 0 unspecified atom stereocenters. The number of nitrogens with one attached hydrogen (secondary N) is 1. The maximum absolute atomic E-state index is 11.8. The number of hydrogen-bond donors (Lipinski definition) is 1. The number of aryl methyl sites for hydroxylation is 1. The van der Waals surface area contributed by atoms with Crippen molar-refractivity contribution in [3.8, 4) is 0 Å². The van der Waals surface area contributed by atoms with Crippen LogP contribution in [-0.2, 0) is 4.79 Å². The summed E-state index contributed by atoms with van der Waals surface area (Å²) >= 11 is 5.28. The van der Waals surface area contributed by atoms with Gasteiger partial charge in [0.25, 0.3) is 0 Å². The third-order valence-electron chi connectivity index (χ3n) is 3.28. The molecular formula is C15H20N2O2S. The summed E-state index contributed by atoms with van der Waals surface area (Å²) in [6.07, 6.45) is 7.85. The normalized spacial score (nSPS) is 16.1. The van der Waals surface area contributed by atoms with Gasteiger partial charge in [-0.05, 0) is 50.2 Å². The summed E-state index contributed by atoms with van der Waals surface area (Å²) < 4.78 is 5.36. The van der Waals surface area contributed by atoms with Gasteiger partial charge in [0.05, 0.1) is 0 Å². The first kappa shape index (κ1) is 14.8. The molecule has 0 saturated carbocycles. The summed E-state index contributed by atoms with van der Waals surface area (Å²) in [7, 11) is 0. The Bertz CT molecular complexity index is 500. The first-order valence-corrected chi connectivity index (χ1v) is 7.40. The number of carbonyl (C=O) groups excluding carboxylic acids is 1. The lowest BCUT2D eigenvalue weighted by atomic mass is 10.2. The Balaban J connectivity index is 1.84. The monoisotopic (exact) mass is 292 g/mol. The molecule has 0 radical (unpaired) electrons. The molecule has 5 heteroatoms. The first-order chi connectivity index (χ1) is 9.65. The topological polar surface area (TPSA) is 45.5 Å². The van der Waals surface area contributed by atoms with E-state index in [-0.39, 0.29) is 5.91 Å². The fourth-order valence-electron chi connectivity index (χ4n) is 2.20. The van der Waals surface area contributed by atoms with Crippen molar-refractivity contribution in [2.45, 2.75) is 32.6 Å². The Morgan fingerprint density at radius 1 is 1.30 bits per heavy atom. The van der Waals surface area contributed by atoms with Gasteiger partial charge < -0.3 is 9.32 Å². The van der Waals surface area contributed by atoms with Crippen molar-refractivity contribution in [3.63, 3.8) is 0 Å². The standard InChI is InChI=1S/C15H20N2O2S/c1-12-6-7-13(19-12)8-9-14(18)16-15(20)17-10-4-2-3-5-11-17/h6-9H,2-5,10-11H2,1H3,(H,16,18,20)/b9-8+. The second-order valence-electron chi connectivity index (χ2n) is 4.98. The zero-order valence-corrected chi connectivity index (χ0v) is 12.5. The fourth-order valence-corrected chi connectivity index (χ4v) is 2.48. The minimum atomic E-state index is -0.215. The minimum Gasteiger partial charge on any atom is -0.462 e. The molecule has 0 spiro atoms. The van der Waals surface area contributed by atoms with E-state index in [2.05, 4.69) is 10.2 Å². The molecule has 4 nitrogen and oxygen atoms in total. The van der Waals surface area contributed by atoms with Crippen LogP contribution in [0.15, 0.2) is 22.6 Å². The summed E-state index contributed by atoms with van der Waals surface area (Å²) in [4.78, 5) is 13.9. The number of amides is 1. The van der Waals surface area contributed by atoms with Crippen molar-refractivity contribution in [1.82, 2.24) is 10.2 Å². The predicted octanol–water partition coefficient (Wildman–Crippen LogP) is 2.88. The van der Waals surface area contributed by atoms with Gasteiger partial charge in [-0.3, -0.25) is 10.1 Å². The Morgan fingerprint density at radius 2 is 2.00 bits per heavy atom. The van der Waals surface area contributed by atoms with Crippen LogP contribution in [0, 0.1) is 6.92 Å². The molecule has 1 aromatic rings. The highest BCUT2D eigenvalue weighted by Crippen LogP contribution is 2.10. The maximum atomic E-state index is 11.8. The van der Waals surface area contributed by atoms with Crippen molar-refractivity contribution < 1.29 is 9.21 Å². The van der Waals surface area contributed by atoms with Crippen molar-refractivity contribution in [2.75, 3.05) is 13.1 Å². The Morgan fingerprint density at radius 3 is 2.60 bits per heavy atom. The van der Waals surface area contributed by atoms with Crippen LogP contribution in [0.2, 0.25) is 0 Å². The Hall–Kier alpha value is -1.62. The van der Waals surface area contributed by atoms with Gasteiger partial charge in [0.15, 0.2) is 5.11 Å². The lowest BCUT2D eigenvalue weighted by Gasteiger charge is -2.22. The number of rotatable bonds is 2. The molecule has 20 heavy (non-hydrogen) atoms. The van der Waals surface area contributed by atoms with E-state index >= 15 is 0 Å². The second-order valence-corrected chi connectivity index (χ2v) is 5.36. The highest BCUT2D eigenvalue weighted by molar-refractivity contribution is 7.80. The summed E-state index contributed by atoms with van der Waals surface area (Å²) in [6.45, 7) is 3.73. The lowest BCUT2D eigenvalue weighted by Crippen LogP contribution is -2.42. The lowest BCUT2D eigenvalue weighted by molar-refractivity contribution is -0.115. The van der Waals surface area contributed by atoms with Crippen molar-refractivity contribution in [2.24, 2.45) is 0 Å². The van der Waals surface area contributed by atoms with Gasteiger partial charge in [-0.2, -0.15) is 0 Å². The van der Waals surface area contributed by atoms with Gasteiger partial charge in [0.1, 0.15) is 11.5 Å². The summed E-state index contributed by atoms with van der Waals surface area (Å²) in [5, 5.41) is 3.27. The molecule has 1 aliphatic heterocycles. The highest BCUT2D eigenvalue weighted by Gasteiger charge is 2.13. The van der Waals surface area contributed by atoms with Crippen molar-refractivity contribution in [3.05, 3.63) is 29.7 Å². The molecule has 0 bridgehead atoms. The molecule has 1 N–H and O–H groups in total. The molecule has 2 heterocycles. The largest absolute Gasteiger partial charge is 0.462 e. The van der Waals surface area contributed by atoms with Crippen molar-refractivity contribution >= 4 is 29.3 Å². The molecule has 1 aromatic heterocycles. The smallest absolute Gasteiger partial charge is 0.250 e. The van der Waals surface area contributed by atoms with Gasteiger partial charge in [0.2, 0.25) is 5.91 Å². The Kier molecular flexibility index (Phi) is 5.35. The van der Waals surface area contributed by atoms with E-state index in [1.807, 2.05) is 19.1 Å². The van der Waals surface area contributed by atoms with Crippen LogP contribution in [0.4, 0.5) is 0 Å². The predicted molar refractivity (Wildman–Crippen MR) is 83.3 cm³/mol. The van der Waals surface area contributed by atoms with Gasteiger partial charge >= 0.3 is 0 Å². The number of furan rings is 1. The first-order valence-electron chi connectivity index (χ1n) is 6.99. The van der Waals surface area contributed by atoms with Gasteiger partial charge in [-0.25, -0.2) is 0 Å². The molecule has 0 aliphatic carbocycles. The highest BCUT2D eigenvalue weighted by atomic mass is 32.1. The van der Waals surface area contributed by atoms with Gasteiger partial charge in [-0.15, -0.1) is 0 Å². The molecule has 2 rings (SSSR count). The van der Waals surface area contributed by atoms with E-state index in [1.54, 1.807) is 6.08 Å². The molecule has 1 amide bonds. The molecule has 1 aliphatic rings. The molecular weight excluding hydrogens is 272 g/mol. The van der Waals surface area contributed by atoms with Gasteiger partial charge in [-0.1, -0.05) is 12.8 Å². The maximum Gasteiger partial charge on any atom is 0.250 e. The Labute approximate surface area is 124 Å². The average Bonchev–Trinajstić information content (AvgIpc) is 2.67. The van der Waals surface area contributed by atoms with E-state index in [4.69, 9.17) is 16.6 Å². The third kappa shape index (κ3) is 4.49. The van der Waals surface area contributed by atoms with E-state index < -0.39 is 0 Å². The summed E-state index contributed by atoms with van der Waals surface area (Å²) in [6, 6.07) is 3.69. The van der Waals surface area contributed by atoms with Crippen LogP contribution in [0.1, 0.15) is 37.2 Å². The second kappa shape index (κ2) is 7.24. The number of hydrogen-bond acceptors (Lipinski definition) is 3. The SMILES string of the molecule is Cc1ccc(/C=C/C(=O)NC(=S)N2CCCCCC2)o1. The fraction of sp³-hybridized carbons (Fsp3) is 0.467. The zero-order valence-electron chi connectivity index (χ0n) is 11.7. The zero-order chi connectivity index (χ0) is 14.4. The number of thiocarbonyl (C=S) groups is 1. The summed E-state index contributed by atoms with van der Waals surface area (Å²) in [5.41, 5.74) is 0.